The van der Waals surface area contributed by atoms with Crippen LogP contribution in [-0.2, 0) is 0 Å². The molecule has 3 heteroatoms. The molecule has 0 bridgehead atoms. The molecule has 12 aromatic rings. The van der Waals surface area contributed by atoms with E-state index in [1.165, 1.54) is 108 Å². The summed E-state index contributed by atoms with van der Waals surface area (Å²) in [4.78, 5) is 0. The van der Waals surface area contributed by atoms with Gasteiger partial charge in [0.25, 0.3) is 0 Å². The van der Waals surface area contributed by atoms with Crippen LogP contribution in [0.25, 0.3) is 108 Å². The third kappa shape index (κ3) is 4.20. The number of nitrogens with zero attached hydrogens (tertiary/aromatic N) is 2. The fourth-order valence-corrected chi connectivity index (χ4v) is 9.95. The molecule has 12 rings (SSSR count). The lowest BCUT2D eigenvalue weighted by molar-refractivity contribution is 1.19. The Labute approximate surface area is 309 Å². The molecule has 0 spiro atoms. The smallest absolute Gasteiger partial charge is 0.0555 e. The summed E-state index contributed by atoms with van der Waals surface area (Å²) in [5, 5.41) is 12.7. The second-order valence-corrected chi connectivity index (χ2v) is 15.2. The molecular weight excluding hydrogens is 661 g/mol. The molecule has 246 valence electrons. The van der Waals surface area contributed by atoms with Gasteiger partial charge in [-0.2, -0.15) is 0 Å². The van der Waals surface area contributed by atoms with E-state index in [1.54, 1.807) is 0 Å². The summed E-state index contributed by atoms with van der Waals surface area (Å²) in [6, 6.07) is 67.3. The van der Waals surface area contributed by atoms with Gasteiger partial charge in [-0.15, -0.1) is 11.3 Å². The topological polar surface area (TPSA) is 9.86 Å². The maximum absolute atomic E-state index is 2.49. The SMILES string of the molecule is c1ccc2cc(-n3c4ccccc4c4cc(-c5ccc6c(c5)c5cc7c(cc5n6-c5cccc6ccccc56)sc5ccccc57)ccc43)ccc2c1. The number of para-hydroxylation sites is 1. The zero-order chi connectivity index (χ0) is 34.6. The second-order valence-electron chi connectivity index (χ2n) is 14.1. The van der Waals surface area contributed by atoms with Gasteiger partial charge < -0.3 is 9.13 Å². The Morgan fingerprint density at radius 1 is 0.302 bits per heavy atom. The van der Waals surface area contributed by atoms with Crippen LogP contribution in [0.4, 0.5) is 0 Å². The van der Waals surface area contributed by atoms with E-state index in [2.05, 4.69) is 191 Å². The summed E-state index contributed by atoms with van der Waals surface area (Å²) in [5.74, 6) is 0. The minimum atomic E-state index is 1.18. The maximum atomic E-state index is 2.49. The van der Waals surface area contributed by atoms with Crippen molar-refractivity contribution in [3.8, 4) is 22.5 Å². The zero-order valence-electron chi connectivity index (χ0n) is 28.6. The van der Waals surface area contributed by atoms with Crippen LogP contribution in [0.5, 0.6) is 0 Å². The third-order valence-corrected chi connectivity index (χ3v) is 12.4. The molecule has 53 heavy (non-hydrogen) atoms. The summed E-state index contributed by atoms with van der Waals surface area (Å²) in [6.07, 6.45) is 0. The van der Waals surface area contributed by atoms with Crippen molar-refractivity contribution in [2.45, 2.75) is 0 Å². The first-order valence-corrected chi connectivity index (χ1v) is 19.0. The quantitative estimate of drug-likeness (QED) is 0.175. The van der Waals surface area contributed by atoms with Crippen molar-refractivity contribution in [2.24, 2.45) is 0 Å². The van der Waals surface area contributed by atoms with E-state index in [4.69, 9.17) is 0 Å². The summed E-state index contributed by atoms with van der Waals surface area (Å²) >= 11 is 1.88. The molecule has 0 aliphatic heterocycles. The first-order chi connectivity index (χ1) is 26.3. The number of benzene rings is 9. The number of thiophene rings is 1. The van der Waals surface area contributed by atoms with Gasteiger partial charge in [-0.25, -0.2) is 0 Å². The maximum Gasteiger partial charge on any atom is 0.0555 e. The first kappa shape index (κ1) is 29.0. The molecule has 0 unspecified atom stereocenters. The van der Waals surface area contributed by atoms with Gasteiger partial charge in [0, 0.05) is 52.8 Å². The summed E-state index contributed by atoms with van der Waals surface area (Å²) in [5.41, 5.74) is 9.71. The highest BCUT2D eigenvalue weighted by Crippen LogP contribution is 2.43. The lowest BCUT2D eigenvalue weighted by atomic mass is 10.00. The van der Waals surface area contributed by atoms with Crippen LogP contribution < -0.4 is 0 Å². The zero-order valence-corrected chi connectivity index (χ0v) is 29.4. The molecule has 0 aliphatic rings. The molecule has 0 radical (unpaired) electrons. The van der Waals surface area contributed by atoms with Crippen molar-refractivity contribution in [1.29, 1.82) is 0 Å². The lowest BCUT2D eigenvalue weighted by Crippen LogP contribution is -1.95. The van der Waals surface area contributed by atoms with Gasteiger partial charge in [0.2, 0.25) is 0 Å². The van der Waals surface area contributed by atoms with Gasteiger partial charge in [0.05, 0.1) is 27.8 Å². The Morgan fingerprint density at radius 3 is 1.77 bits per heavy atom. The lowest BCUT2D eigenvalue weighted by Gasteiger charge is -2.12. The van der Waals surface area contributed by atoms with Crippen molar-refractivity contribution in [3.05, 3.63) is 182 Å². The van der Waals surface area contributed by atoms with Crippen molar-refractivity contribution >= 4 is 96.7 Å². The van der Waals surface area contributed by atoms with Gasteiger partial charge in [-0.05, 0) is 94.0 Å². The van der Waals surface area contributed by atoms with E-state index >= 15 is 0 Å². The number of aromatic nitrogens is 2. The van der Waals surface area contributed by atoms with Crippen molar-refractivity contribution in [2.75, 3.05) is 0 Å². The Bertz CT molecular complexity index is 3460. The normalized spacial score (nSPS) is 12.2. The summed E-state index contributed by atoms with van der Waals surface area (Å²) in [7, 11) is 0. The van der Waals surface area contributed by atoms with E-state index in [-0.39, 0.29) is 0 Å². The number of hydrogen-bond donors (Lipinski definition) is 0. The van der Waals surface area contributed by atoms with Crippen LogP contribution in [0, 0.1) is 0 Å². The molecule has 0 fully saturated rings. The molecule has 0 saturated heterocycles. The van der Waals surface area contributed by atoms with Gasteiger partial charge >= 0.3 is 0 Å². The van der Waals surface area contributed by atoms with Crippen molar-refractivity contribution in [3.63, 3.8) is 0 Å². The van der Waals surface area contributed by atoms with E-state index in [0.717, 1.165) is 0 Å². The number of hydrogen-bond acceptors (Lipinski definition) is 1. The molecular formula is C50H30N2S. The first-order valence-electron chi connectivity index (χ1n) is 18.2. The monoisotopic (exact) mass is 690 g/mol. The van der Waals surface area contributed by atoms with Crippen LogP contribution in [-0.4, -0.2) is 9.13 Å². The standard InChI is InChI=1S/C50H30N2S/c1-2-12-33-26-36(23-20-31(33)10-1)51-45-17-7-5-15-38(45)40-27-34(21-24-46(40)51)35-22-25-47-41(28-35)42-29-43-39-16-6-8-19-49(39)53-50(43)30-48(42)52(47)44-18-9-13-32-11-3-4-14-37(32)44/h1-30H. The average molecular weight is 691 g/mol. The summed E-state index contributed by atoms with van der Waals surface area (Å²) < 4.78 is 7.55. The molecule has 0 N–H and O–H groups in total. The minimum Gasteiger partial charge on any atom is -0.309 e. The van der Waals surface area contributed by atoms with E-state index in [0.29, 0.717) is 0 Å². The molecule has 3 aromatic heterocycles. The largest absolute Gasteiger partial charge is 0.309 e. The van der Waals surface area contributed by atoms with Crippen LogP contribution in [0.1, 0.15) is 0 Å². The van der Waals surface area contributed by atoms with Gasteiger partial charge in [0.1, 0.15) is 0 Å². The highest BCUT2D eigenvalue weighted by Gasteiger charge is 2.19. The molecule has 0 saturated carbocycles. The molecule has 0 atom stereocenters. The fourth-order valence-electron chi connectivity index (χ4n) is 8.83. The second kappa shape index (κ2) is 10.9. The number of rotatable bonds is 3. The highest BCUT2D eigenvalue weighted by molar-refractivity contribution is 7.25. The van der Waals surface area contributed by atoms with Crippen molar-refractivity contribution < 1.29 is 0 Å². The summed E-state index contributed by atoms with van der Waals surface area (Å²) in [6.45, 7) is 0. The fraction of sp³-hybridized carbons (Fsp3) is 0. The molecule has 9 aromatic carbocycles. The predicted octanol–water partition coefficient (Wildman–Crippen LogP) is 14.2. The van der Waals surface area contributed by atoms with Gasteiger partial charge in [-0.3, -0.25) is 0 Å². The highest BCUT2D eigenvalue weighted by atomic mass is 32.1. The van der Waals surface area contributed by atoms with E-state index in [1.807, 2.05) is 11.3 Å². The number of fused-ring (bicyclic) bond motifs is 11. The van der Waals surface area contributed by atoms with Crippen LogP contribution in [0.15, 0.2) is 182 Å². The predicted molar refractivity (Wildman–Crippen MR) is 228 cm³/mol. The molecule has 2 nitrogen and oxygen atoms in total. The van der Waals surface area contributed by atoms with Crippen LogP contribution in [0.2, 0.25) is 0 Å². The van der Waals surface area contributed by atoms with E-state index < -0.39 is 0 Å². The Balaban J connectivity index is 1.11. The third-order valence-electron chi connectivity index (χ3n) is 11.3. The Hall–Kier alpha value is -6.68. The minimum absolute atomic E-state index is 1.18. The van der Waals surface area contributed by atoms with E-state index in [9.17, 15) is 0 Å². The Morgan fingerprint density at radius 2 is 0.925 bits per heavy atom. The Kier molecular flexibility index (Phi) is 5.96. The molecule has 0 amide bonds. The average Bonchev–Trinajstić information content (AvgIpc) is 3.86. The van der Waals surface area contributed by atoms with Crippen molar-refractivity contribution in [1.82, 2.24) is 9.13 Å². The van der Waals surface area contributed by atoms with Crippen LogP contribution >= 0.6 is 11.3 Å². The van der Waals surface area contributed by atoms with Crippen LogP contribution in [0.3, 0.4) is 0 Å². The van der Waals surface area contributed by atoms with Gasteiger partial charge in [0.15, 0.2) is 0 Å². The molecule has 0 aliphatic carbocycles. The molecule has 3 heterocycles. The van der Waals surface area contributed by atoms with Gasteiger partial charge in [-0.1, -0.05) is 115 Å².